The van der Waals surface area contributed by atoms with Crippen LogP contribution in [0.25, 0.3) is 32.0 Å². The highest BCUT2D eigenvalue weighted by Gasteiger charge is 2.26. The summed E-state index contributed by atoms with van der Waals surface area (Å²) in [5.41, 5.74) is 2.79. The van der Waals surface area contributed by atoms with Crippen LogP contribution in [0.1, 0.15) is 11.3 Å². The van der Waals surface area contributed by atoms with Crippen molar-refractivity contribution in [2.24, 2.45) is 0 Å². The second kappa shape index (κ2) is 13.4. The third kappa shape index (κ3) is 6.61. The van der Waals surface area contributed by atoms with Crippen LogP contribution in [-0.4, -0.2) is 44.2 Å². The molecule has 6 rings (SSSR count). The van der Waals surface area contributed by atoms with Gasteiger partial charge in [0, 0.05) is 12.6 Å². The zero-order valence-corrected chi connectivity index (χ0v) is 26.1. The molecule has 3 heterocycles. The molecule has 3 aromatic heterocycles. The number of carbonyl (C=O) groups is 1. The molecular formula is C33H24BrFN4O5S. The maximum atomic E-state index is 13.5. The van der Waals surface area contributed by atoms with Crippen molar-refractivity contribution in [2.75, 3.05) is 7.11 Å². The molecule has 45 heavy (non-hydrogen) atoms. The van der Waals surface area contributed by atoms with Crippen LogP contribution in [-0.2, 0) is 17.8 Å². The van der Waals surface area contributed by atoms with E-state index in [2.05, 4.69) is 35.9 Å². The Kier molecular flexibility index (Phi) is 8.94. The van der Waals surface area contributed by atoms with E-state index in [1.54, 1.807) is 49.7 Å². The van der Waals surface area contributed by atoms with Gasteiger partial charge in [-0.05, 0) is 63.5 Å². The van der Waals surface area contributed by atoms with Crippen molar-refractivity contribution >= 4 is 43.5 Å². The van der Waals surface area contributed by atoms with Crippen molar-refractivity contribution in [3.05, 3.63) is 113 Å². The van der Waals surface area contributed by atoms with Crippen molar-refractivity contribution in [2.45, 2.75) is 19.1 Å². The summed E-state index contributed by atoms with van der Waals surface area (Å²) < 4.78 is 31.7. The number of carboxylic acids is 1. The van der Waals surface area contributed by atoms with Gasteiger partial charge in [0.2, 0.25) is 12.0 Å². The maximum absolute atomic E-state index is 13.5. The van der Waals surface area contributed by atoms with Crippen LogP contribution in [0.5, 0.6) is 17.4 Å². The molecule has 1 atom stereocenters. The Hall–Kier alpha value is -4.94. The number of carboxylic acid groups (broad SMARTS) is 1. The molecule has 12 heteroatoms. The lowest BCUT2D eigenvalue weighted by Gasteiger charge is -2.17. The summed E-state index contributed by atoms with van der Waals surface area (Å²) in [6.45, 7) is 0.126. The molecule has 9 nitrogen and oxygen atoms in total. The van der Waals surface area contributed by atoms with Crippen molar-refractivity contribution in [3.63, 3.8) is 0 Å². The Morgan fingerprint density at radius 3 is 2.51 bits per heavy atom. The number of methoxy groups -OCH3 is 1. The quantitative estimate of drug-likeness (QED) is 0.149. The summed E-state index contributed by atoms with van der Waals surface area (Å²) >= 11 is 4.97. The fourth-order valence-corrected chi connectivity index (χ4v) is 6.66. The first-order valence-corrected chi connectivity index (χ1v) is 15.3. The first-order chi connectivity index (χ1) is 21.9. The molecular weight excluding hydrogens is 663 g/mol. The van der Waals surface area contributed by atoms with E-state index in [0.717, 1.165) is 16.0 Å². The molecule has 0 radical (unpaired) electrons. The number of aliphatic carboxylic acids is 1. The molecule has 3 aromatic carbocycles. The molecule has 0 saturated heterocycles. The van der Waals surface area contributed by atoms with Crippen LogP contribution in [0.2, 0.25) is 0 Å². The number of fused-ring (bicyclic) bond motifs is 1. The molecule has 0 spiro atoms. The second-order valence-electron chi connectivity index (χ2n) is 9.73. The predicted octanol–water partition coefficient (Wildman–Crippen LogP) is 7.38. The molecule has 0 fully saturated rings. The van der Waals surface area contributed by atoms with Gasteiger partial charge in [-0.25, -0.2) is 29.1 Å². The average molecular weight is 688 g/mol. The number of benzene rings is 3. The van der Waals surface area contributed by atoms with Crippen LogP contribution in [0, 0.1) is 5.82 Å². The molecule has 226 valence electrons. The fraction of sp³-hybridized carbons (Fsp3) is 0.121. The zero-order valence-electron chi connectivity index (χ0n) is 23.7. The lowest BCUT2D eigenvalue weighted by atomic mass is 10.1. The minimum atomic E-state index is -1.29. The fourth-order valence-electron chi connectivity index (χ4n) is 4.67. The van der Waals surface area contributed by atoms with E-state index >= 15 is 0 Å². The van der Waals surface area contributed by atoms with E-state index < -0.39 is 12.1 Å². The molecule has 6 aromatic rings. The highest BCUT2D eigenvalue weighted by molar-refractivity contribution is 9.10. The Balaban J connectivity index is 1.22. The second-order valence-corrected chi connectivity index (χ2v) is 11.5. The van der Waals surface area contributed by atoms with E-state index in [-0.39, 0.29) is 24.7 Å². The average Bonchev–Trinajstić information content (AvgIpc) is 3.41. The van der Waals surface area contributed by atoms with Gasteiger partial charge in [0.25, 0.3) is 0 Å². The van der Waals surface area contributed by atoms with E-state index in [4.69, 9.17) is 14.2 Å². The number of ether oxygens (including phenoxy) is 3. The predicted molar refractivity (Wildman–Crippen MR) is 171 cm³/mol. The van der Waals surface area contributed by atoms with Gasteiger partial charge in [-0.2, -0.15) is 0 Å². The number of hydrogen-bond donors (Lipinski definition) is 1. The number of rotatable bonds is 11. The summed E-state index contributed by atoms with van der Waals surface area (Å²) in [5.74, 6) is 0.254. The number of para-hydroxylation sites is 2. The Labute approximate surface area is 269 Å². The monoisotopic (exact) mass is 686 g/mol. The lowest BCUT2D eigenvalue weighted by molar-refractivity contribution is -0.145. The van der Waals surface area contributed by atoms with Gasteiger partial charge < -0.3 is 19.3 Å². The van der Waals surface area contributed by atoms with Crippen LogP contribution in [0.15, 0.2) is 95.9 Å². The number of nitrogens with zero attached hydrogens (tertiary/aromatic N) is 4. The van der Waals surface area contributed by atoms with Crippen molar-refractivity contribution < 1.29 is 28.5 Å². The van der Waals surface area contributed by atoms with E-state index in [1.807, 2.05) is 30.3 Å². The minimum Gasteiger partial charge on any atom is -0.496 e. The summed E-state index contributed by atoms with van der Waals surface area (Å²) in [6.07, 6.45) is 1.69. The molecule has 1 N–H and O–H groups in total. The normalized spacial score (nSPS) is 11.7. The van der Waals surface area contributed by atoms with Crippen molar-refractivity contribution in [1.29, 1.82) is 0 Å². The highest BCUT2D eigenvalue weighted by atomic mass is 79.9. The lowest BCUT2D eigenvalue weighted by Crippen LogP contribution is -2.30. The van der Waals surface area contributed by atoms with Gasteiger partial charge in [-0.3, -0.25) is 0 Å². The molecule has 0 saturated carbocycles. The Morgan fingerprint density at radius 2 is 1.73 bits per heavy atom. The van der Waals surface area contributed by atoms with Gasteiger partial charge in [-0.1, -0.05) is 42.5 Å². The molecule has 0 unspecified atom stereocenters. The topological polar surface area (TPSA) is 117 Å². The summed E-state index contributed by atoms with van der Waals surface area (Å²) in [5, 5.41) is 10.7. The summed E-state index contributed by atoms with van der Waals surface area (Å²) in [7, 11) is 1.59. The third-order valence-electron chi connectivity index (χ3n) is 6.85. The number of thiophene rings is 1. The largest absolute Gasteiger partial charge is 0.496 e. The van der Waals surface area contributed by atoms with E-state index in [0.29, 0.717) is 43.3 Å². The SMILES string of the molecule is COc1ccccc1-c1nccc(COc2ccccc2C[C@@H](Oc2ncnc3sc(-c4ccc(F)cc4)c(Br)c23)C(=O)O)n1. The first-order valence-electron chi connectivity index (χ1n) is 13.7. The summed E-state index contributed by atoms with van der Waals surface area (Å²) in [6, 6.07) is 22.5. The minimum absolute atomic E-state index is 0.000182. The highest BCUT2D eigenvalue weighted by Crippen LogP contribution is 2.44. The molecule has 0 aliphatic rings. The van der Waals surface area contributed by atoms with Gasteiger partial charge >= 0.3 is 5.97 Å². The van der Waals surface area contributed by atoms with Crippen LogP contribution in [0.3, 0.4) is 0 Å². The van der Waals surface area contributed by atoms with Gasteiger partial charge in [-0.15, -0.1) is 11.3 Å². The number of halogens is 2. The van der Waals surface area contributed by atoms with E-state index in [1.165, 1.54) is 29.8 Å². The Morgan fingerprint density at radius 1 is 0.978 bits per heavy atom. The first kappa shape index (κ1) is 30.1. The maximum Gasteiger partial charge on any atom is 0.345 e. The van der Waals surface area contributed by atoms with Crippen molar-refractivity contribution in [3.8, 4) is 39.2 Å². The number of hydrogen-bond acceptors (Lipinski definition) is 9. The Bertz CT molecular complexity index is 1990. The van der Waals surface area contributed by atoms with Crippen molar-refractivity contribution in [1.82, 2.24) is 19.9 Å². The van der Waals surface area contributed by atoms with E-state index in [9.17, 15) is 14.3 Å². The summed E-state index contributed by atoms with van der Waals surface area (Å²) in [4.78, 5) is 31.4. The van der Waals surface area contributed by atoms with Crippen LogP contribution >= 0.6 is 27.3 Å². The standard InChI is InChI=1S/C33H24BrFN4O5S/c1-42-25-9-5-3-7-23(25)30-36-15-14-22(39-30)17-43-24-8-4-2-6-20(24)16-26(33(40)41)44-31-27-28(34)29(45-32(27)38-18-37-31)19-10-12-21(35)13-11-19/h2-15,18,26H,16-17H2,1H3,(H,40,41)/t26-/m1/s1. The van der Waals surface area contributed by atoms with Gasteiger partial charge in [0.1, 0.15) is 35.1 Å². The third-order valence-corrected chi connectivity index (χ3v) is 9.05. The molecule has 0 aliphatic heterocycles. The number of aromatic nitrogens is 4. The molecule has 0 aliphatic carbocycles. The molecule has 0 bridgehead atoms. The van der Waals surface area contributed by atoms with Gasteiger partial charge in [0.05, 0.1) is 33.1 Å². The van der Waals surface area contributed by atoms with Gasteiger partial charge in [0.15, 0.2) is 5.82 Å². The van der Waals surface area contributed by atoms with Crippen LogP contribution in [0.4, 0.5) is 4.39 Å². The zero-order chi connectivity index (χ0) is 31.3. The smallest absolute Gasteiger partial charge is 0.345 e. The van der Waals surface area contributed by atoms with Crippen LogP contribution < -0.4 is 14.2 Å². The molecule has 0 amide bonds.